The van der Waals surface area contributed by atoms with Gasteiger partial charge in [0.2, 0.25) is 5.89 Å². The van der Waals surface area contributed by atoms with Crippen LogP contribution in [0.25, 0.3) is 77.9 Å². The van der Waals surface area contributed by atoms with E-state index in [2.05, 4.69) is 150 Å². The minimum absolute atomic E-state index is 0.596. The van der Waals surface area contributed by atoms with Gasteiger partial charge in [0, 0.05) is 33.8 Å². The number of para-hydroxylation sites is 1. The summed E-state index contributed by atoms with van der Waals surface area (Å²) in [7, 11) is 0. The van der Waals surface area contributed by atoms with Crippen molar-refractivity contribution in [2.45, 2.75) is 0 Å². The maximum absolute atomic E-state index is 6.76. The Hall–Kier alpha value is -7.17. The van der Waals surface area contributed by atoms with Crippen molar-refractivity contribution >= 4 is 50.1 Å². The molecule has 4 heteroatoms. The van der Waals surface area contributed by atoms with Gasteiger partial charge in [0.1, 0.15) is 11.1 Å². The van der Waals surface area contributed by atoms with Gasteiger partial charge in [0.25, 0.3) is 0 Å². The summed E-state index contributed by atoms with van der Waals surface area (Å²) in [6.45, 7) is 0. The third-order valence-electron chi connectivity index (χ3n) is 9.91. The van der Waals surface area contributed by atoms with Crippen LogP contribution in [0.1, 0.15) is 0 Å². The molecule has 0 saturated heterocycles. The highest BCUT2D eigenvalue weighted by atomic mass is 16.4. The summed E-state index contributed by atoms with van der Waals surface area (Å²) < 4.78 is 13.0. The molecule has 0 bridgehead atoms. The molecule has 0 aliphatic carbocycles. The molecule has 0 spiro atoms. The van der Waals surface area contributed by atoms with Crippen LogP contribution in [-0.2, 0) is 0 Å². The molecule has 2 heterocycles. The van der Waals surface area contributed by atoms with Crippen LogP contribution < -0.4 is 4.90 Å². The molecule has 0 amide bonds. The van der Waals surface area contributed by atoms with Crippen molar-refractivity contribution in [3.05, 3.63) is 194 Å². The zero-order chi connectivity index (χ0) is 35.1. The van der Waals surface area contributed by atoms with Crippen LogP contribution in [0.4, 0.5) is 17.1 Å². The van der Waals surface area contributed by atoms with Gasteiger partial charge < -0.3 is 13.7 Å². The summed E-state index contributed by atoms with van der Waals surface area (Å²) in [5.41, 5.74) is 14.0. The lowest BCUT2D eigenvalue weighted by Crippen LogP contribution is -2.10. The summed E-state index contributed by atoms with van der Waals surface area (Å²) in [6.07, 6.45) is 0. The molecular formula is C49H32N2O2. The maximum atomic E-state index is 6.76. The lowest BCUT2D eigenvalue weighted by atomic mass is 10.00. The molecule has 0 saturated carbocycles. The first-order chi connectivity index (χ1) is 26.2. The van der Waals surface area contributed by atoms with E-state index >= 15 is 0 Å². The standard InChI is InChI=1S/C49H32N2O2/c1-4-12-33(13-5-1)35-22-24-36(25-23-35)37-26-28-40(29-27-37)51(41-19-10-18-39(30-41)34-14-6-2-7-15-34)45-21-11-20-42-43-31-47-44(32-46(43)52-48(42)45)50-49(53-47)38-16-8-3-9-17-38/h1-32H. The quantitative estimate of drug-likeness (QED) is 0.168. The Morgan fingerprint density at radius 3 is 1.57 bits per heavy atom. The second-order valence-corrected chi connectivity index (χ2v) is 13.2. The van der Waals surface area contributed by atoms with Gasteiger partial charge in [-0.25, -0.2) is 4.98 Å². The van der Waals surface area contributed by atoms with Crippen molar-refractivity contribution < 1.29 is 8.83 Å². The first-order valence-electron chi connectivity index (χ1n) is 17.8. The van der Waals surface area contributed by atoms with Gasteiger partial charge in [-0.3, -0.25) is 0 Å². The SMILES string of the molecule is c1ccc(-c2ccc(-c3ccc(N(c4cccc(-c5ccccc5)c4)c4cccc5c4oc4cc6nc(-c7ccccc7)oc6cc45)cc3)cc2)cc1. The number of rotatable bonds is 7. The van der Waals surface area contributed by atoms with E-state index in [-0.39, 0.29) is 0 Å². The molecule has 10 rings (SSSR count). The molecule has 0 aliphatic heterocycles. The van der Waals surface area contributed by atoms with Crippen LogP contribution in [0.2, 0.25) is 0 Å². The molecule has 8 aromatic carbocycles. The largest absolute Gasteiger partial charge is 0.454 e. The van der Waals surface area contributed by atoms with Gasteiger partial charge in [-0.2, -0.15) is 0 Å². The first kappa shape index (κ1) is 30.6. The van der Waals surface area contributed by atoms with E-state index in [1.54, 1.807) is 0 Å². The number of aromatic nitrogens is 1. The third kappa shape index (κ3) is 5.63. The Kier molecular flexibility index (Phi) is 7.43. The van der Waals surface area contributed by atoms with Crippen LogP contribution in [0, 0.1) is 0 Å². The van der Waals surface area contributed by atoms with Crippen molar-refractivity contribution in [3.8, 4) is 44.8 Å². The van der Waals surface area contributed by atoms with Crippen LogP contribution in [0.15, 0.2) is 203 Å². The number of furan rings is 1. The summed E-state index contributed by atoms with van der Waals surface area (Å²) in [6, 6.07) is 67.6. The van der Waals surface area contributed by atoms with Crippen LogP contribution in [-0.4, -0.2) is 4.98 Å². The normalized spacial score (nSPS) is 11.4. The Balaban J connectivity index is 1.09. The highest BCUT2D eigenvalue weighted by molar-refractivity contribution is 6.13. The van der Waals surface area contributed by atoms with E-state index in [0.717, 1.165) is 72.4 Å². The van der Waals surface area contributed by atoms with Gasteiger partial charge in [-0.05, 0) is 81.9 Å². The fourth-order valence-electron chi connectivity index (χ4n) is 7.26. The van der Waals surface area contributed by atoms with Crippen molar-refractivity contribution in [2.24, 2.45) is 0 Å². The minimum Gasteiger partial charge on any atom is -0.454 e. The second-order valence-electron chi connectivity index (χ2n) is 13.2. The number of hydrogen-bond acceptors (Lipinski definition) is 4. The Bertz CT molecular complexity index is 2860. The number of fused-ring (bicyclic) bond motifs is 4. The van der Waals surface area contributed by atoms with E-state index in [1.807, 2.05) is 48.5 Å². The Labute approximate surface area is 306 Å². The number of anilines is 3. The van der Waals surface area contributed by atoms with Gasteiger partial charge in [0.05, 0.1) is 5.69 Å². The summed E-state index contributed by atoms with van der Waals surface area (Å²) in [5.74, 6) is 0.596. The molecule has 0 fully saturated rings. The number of benzene rings is 8. The summed E-state index contributed by atoms with van der Waals surface area (Å²) in [5, 5.41) is 1.99. The molecule has 0 radical (unpaired) electrons. The van der Waals surface area contributed by atoms with Crippen LogP contribution in [0.3, 0.4) is 0 Å². The lowest BCUT2D eigenvalue weighted by molar-refractivity contribution is 0.620. The maximum Gasteiger partial charge on any atom is 0.227 e. The summed E-state index contributed by atoms with van der Waals surface area (Å²) >= 11 is 0. The van der Waals surface area contributed by atoms with E-state index < -0.39 is 0 Å². The monoisotopic (exact) mass is 680 g/mol. The van der Waals surface area contributed by atoms with Gasteiger partial charge in [0.15, 0.2) is 11.2 Å². The Morgan fingerprint density at radius 2 is 0.906 bits per heavy atom. The predicted molar refractivity (Wildman–Crippen MR) is 218 cm³/mol. The molecule has 10 aromatic rings. The molecule has 4 nitrogen and oxygen atoms in total. The number of oxazole rings is 1. The van der Waals surface area contributed by atoms with E-state index in [4.69, 9.17) is 13.8 Å². The van der Waals surface area contributed by atoms with E-state index in [9.17, 15) is 0 Å². The van der Waals surface area contributed by atoms with Gasteiger partial charge >= 0.3 is 0 Å². The molecule has 0 unspecified atom stereocenters. The van der Waals surface area contributed by atoms with Gasteiger partial charge in [-0.15, -0.1) is 0 Å². The average molecular weight is 681 g/mol. The Morgan fingerprint density at radius 1 is 0.358 bits per heavy atom. The second kappa shape index (κ2) is 12.9. The molecular weight excluding hydrogens is 649 g/mol. The third-order valence-corrected chi connectivity index (χ3v) is 9.91. The first-order valence-corrected chi connectivity index (χ1v) is 17.8. The van der Waals surface area contributed by atoms with Crippen molar-refractivity contribution in [3.63, 3.8) is 0 Å². The molecule has 0 atom stereocenters. The van der Waals surface area contributed by atoms with Crippen molar-refractivity contribution in [1.29, 1.82) is 0 Å². The van der Waals surface area contributed by atoms with Crippen LogP contribution >= 0.6 is 0 Å². The average Bonchev–Trinajstić information content (AvgIpc) is 3.83. The van der Waals surface area contributed by atoms with Gasteiger partial charge in [-0.1, -0.05) is 140 Å². The fraction of sp³-hybridized carbons (Fsp3) is 0. The minimum atomic E-state index is 0.596. The zero-order valence-electron chi connectivity index (χ0n) is 28.7. The molecule has 250 valence electrons. The molecule has 0 aliphatic rings. The highest BCUT2D eigenvalue weighted by Gasteiger charge is 2.21. The fourth-order valence-corrected chi connectivity index (χ4v) is 7.26. The predicted octanol–water partition coefficient (Wildman–Crippen LogP) is 13.9. The highest BCUT2D eigenvalue weighted by Crippen LogP contribution is 2.44. The molecule has 0 N–H and O–H groups in total. The number of nitrogens with zero attached hydrogens (tertiary/aromatic N) is 2. The lowest BCUT2D eigenvalue weighted by Gasteiger charge is -2.26. The smallest absolute Gasteiger partial charge is 0.227 e. The van der Waals surface area contributed by atoms with Crippen molar-refractivity contribution in [2.75, 3.05) is 4.90 Å². The zero-order valence-corrected chi connectivity index (χ0v) is 28.7. The van der Waals surface area contributed by atoms with E-state index in [1.165, 1.54) is 16.7 Å². The van der Waals surface area contributed by atoms with Crippen LogP contribution in [0.5, 0.6) is 0 Å². The number of hydrogen-bond donors (Lipinski definition) is 0. The molecule has 53 heavy (non-hydrogen) atoms. The van der Waals surface area contributed by atoms with E-state index in [0.29, 0.717) is 5.89 Å². The molecule has 2 aromatic heterocycles. The summed E-state index contributed by atoms with van der Waals surface area (Å²) in [4.78, 5) is 7.10. The topological polar surface area (TPSA) is 42.4 Å². The van der Waals surface area contributed by atoms with Crippen molar-refractivity contribution in [1.82, 2.24) is 4.98 Å².